The number of ether oxygens (including phenoxy) is 2. The summed E-state index contributed by atoms with van der Waals surface area (Å²) in [6.45, 7) is 1.82. The van der Waals surface area contributed by atoms with Crippen LogP contribution in [0.1, 0.15) is 43.5 Å². The van der Waals surface area contributed by atoms with E-state index in [1.807, 2.05) is 18.9 Å². The molecule has 0 aromatic carbocycles. The van der Waals surface area contributed by atoms with E-state index >= 15 is 0 Å². The first-order valence-corrected chi connectivity index (χ1v) is 11.5. The third kappa shape index (κ3) is 4.24. The minimum atomic E-state index is -4.48. The van der Waals surface area contributed by atoms with Crippen molar-refractivity contribution < 1.29 is 27.4 Å². The van der Waals surface area contributed by atoms with Gasteiger partial charge in [0, 0.05) is 33.0 Å². The van der Waals surface area contributed by atoms with Crippen molar-refractivity contribution in [1.82, 2.24) is 15.0 Å². The van der Waals surface area contributed by atoms with Crippen LogP contribution < -0.4 is 20.3 Å². The molecule has 0 bridgehead atoms. The highest BCUT2D eigenvalue weighted by molar-refractivity contribution is 6.04. The molecule has 2 fully saturated rings. The lowest BCUT2D eigenvalue weighted by atomic mass is 9.73. The fraction of sp³-hybridized carbons (Fsp3) is 0.565. The monoisotopic (exact) mass is 492 g/mol. The number of likely N-dealkylation sites (N-methyl/N-ethyl adjacent to an activating group) is 1. The van der Waals surface area contributed by atoms with Crippen molar-refractivity contribution in [2.75, 3.05) is 29.7 Å². The van der Waals surface area contributed by atoms with Crippen molar-refractivity contribution in [2.24, 2.45) is 0 Å². The number of alkyl halides is 3. The summed E-state index contributed by atoms with van der Waals surface area (Å²) in [5.41, 5.74) is -0.224. The molecule has 0 spiro atoms. The molecule has 2 aromatic heterocycles. The zero-order valence-electron chi connectivity index (χ0n) is 19.6. The van der Waals surface area contributed by atoms with E-state index in [0.717, 1.165) is 31.5 Å². The number of halogens is 3. The second-order valence-electron chi connectivity index (χ2n) is 9.39. The molecule has 0 saturated heterocycles. The van der Waals surface area contributed by atoms with Gasteiger partial charge in [-0.15, -0.1) is 0 Å². The van der Waals surface area contributed by atoms with Crippen molar-refractivity contribution in [3.8, 4) is 5.75 Å². The maximum Gasteiger partial charge on any atom is 0.433 e. The van der Waals surface area contributed by atoms with Gasteiger partial charge < -0.3 is 25.0 Å². The lowest BCUT2D eigenvalue weighted by molar-refractivity contribution is -0.141. The van der Waals surface area contributed by atoms with Crippen LogP contribution in [0.4, 0.5) is 30.6 Å². The number of rotatable bonds is 6. The number of aryl methyl sites for hydroxylation is 1. The fourth-order valence-corrected chi connectivity index (χ4v) is 4.99. The molecular formula is C23H27F3N6O3. The molecule has 5 rings (SSSR count). The number of hydrogen-bond acceptors (Lipinski definition) is 8. The van der Waals surface area contributed by atoms with Crippen LogP contribution in [-0.4, -0.2) is 58.8 Å². The number of methoxy groups -OCH3 is 1. The number of carbonyl (C=O) groups is 1. The maximum atomic E-state index is 12.9. The van der Waals surface area contributed by atoms with E-state index in [4.69, 9.17) is 9.47 Å². The molecule has 3 aliphatic rings. The first-order chi connectivity index (χ1) is 16.6. The van der Waals surface area contributed by atoms with Crippen molar-refractivity contribution in [1.29, 1.82) is 0 Å². The van der Waals surface area contributed by atoms with Crippen molar-refractivity contribution >= 4 is 23.4 Å². The minimum absolute atomic E-state index is 0.0519. The summed E-state index contributed by atoms with van der Waals surface area (Å²) in [4.78, 5) is 27.4. The van der Waals surface area contributed by atoms with Gasteiger partial charge in [0.25, 0.3) is 0 Å². The highest BCUT2D eigenvalue weighted by Gasteiger charge is 2.52. The normalized spacial score (nSPS) is 25.1. The second kappa shape index (κ2) is 8.51. The lowest BCUT2D eigenvalue weighted by Crippen LogP contribution is -2.64. The molecule has 35 heavy (non-hydrogen) atoms. The summed E-state index contributed by atoms with van der Waals surface area (Å²) >= 11 is 0. The van der Waals surface area contributed by atoms with Crippen LogP contribution in [0.25, 0.3) is 0 Å². The molecule has 1 atom stereocenters. The Morgan fingerprint density at radius 1 is 1.23 bits per heavy atom. The third-order valence-electron chi connectivity index (χ3n) is 7.15. The number of nitrogens with one attached hydrogen (secondary N) is 2. The fourth-order valence-electron chi connectivity index (χ4n) is 4.99. The summed E-state index contributed by atoms with van der Waals surface area (Å²) in [6.07, 6.45) is 0.399. The summed E-state index contributed by atoms with van der Waals surface area (Å²) in [6, 6.07) is 1.76. The average molecular weight is 493 g/mol. The predicted octanol–water partition coefficient (Wildman–Crippen LogP) is 3.55. The molecule has 1 aliphatic heterocycles. The van der Waals surface area contributed by atoms with Crippen LogP contribution >= 0.6 is 0 Å². The number of hydrogen-bond donors (Lipinski definition) is 2. The zero-order chi connectivity index (χ0) is 25.0. The molecule has 1 amide bonds. The van der Waals surface area contributed by atoms with Crippen LogP contribution in [0.3, 0.4) is 0 Å². The van der Waals surface area contributed by atoms with Crippen LogP contribution in [0.15, 0.2) is 18.3 Å². The molecule has 2 saturated carbocycles. The zero-order valence-corrected chi connectivity index (χ0v) is 19.6. The van der Waals surface area contributed by atoms with Gasteiger partial charge in [0.2, 0.25) is 11.9 Å². The molecule has 3 heterocycles. The Morgan fingerprint density at radius 3 is 2.54 bits per heavy atom. The van der Waals surface area contributed by atoms with Crippen molar-refractivity contribution in [3.63, 3.8) is 0 Å². The van der Waals surface area contributed by atoms with E-state index in [1.165, 1.54) is 6.07 Å². The number of fused-ring (bicyclic) bond motifs is 1. The number of anilines is 3. The van der Waals surface area contributed by atoms with Crippen molar-refractivity contribution in [2.45, 2.75) is 69.0 Å². The summed E-state index contributed by atoms with van der Waals surface area (Å²) in [5.74, 6) is 1.26. The van der Waals surface area contributed by atoms with Gasteiger partial charge in [0.15, 0.2) is 5.82 Å². The SMILES string of the molecule is COC1(C2C(=O)Nc3c(C)nc(N[C@H]4C[C@H](Oc5ccc(C(F)(F)F)nc5)C4)nc3N2C)CCC1. The van der Waals surface area contributed by atoms with Gasteiger partial charge in [-0.05, 0) is 38.3 Å². The molecule has 1 unspecified atom stereocenters. The van der Waals surface area contributed by atoms with Crippen LogP contribution in [0.2, 0.25) is 0 Å². The first-order valence-electron chi connectivity index (χ1n) is 11.5. The van der Waals surface area contributed by atoms with Crippen LogP contribution in [0.5, 0.6) is 5.75 Å². The van der Waals surface area contributed by atoms with Gasteiger partial charge in [-0.1, -0.05) is 0 Å². The molecule has 2 aromatic rings. The Labute approximate surface area is 200 Å². The molecule has 188 valence electrons. The predicted molar refractivity (Wildman–Crippen MR) is 121 cm³/mol. The van der Waals surface area contributed by atoms with Crippen LogP contribution in [-0.2, 0) is 15.7 Å². The summed E-state index contributed by atoms with van der Waals surface area (Å²) in [7, 11) is 3.49. The topological polar surface area (TPSA) is 102 Å². The van der Waals surface area contributed by atoms with Gasteiger partial charge in [0.05, 0.1) is 17.5 Å². The molecule has 0 radical (unpaired) electrons. The Morgan fingerprint density at radius 2 is 1.97 bits per heavy atom. The van der Waals surface area contributed by atoms with E-state index in [2.05, 4.69) is 25.6 Å². The molecule has 12 heteroatoms. The second-order valence-corrected chi connectivity index (χ2v) is 9.39. The minimum Gasteiger partial charge on any atom is -0.489 e. The van der Waals surface area contributed by atoms with Crippen LogP contribution in [0, 0.1) is 6.92 Å². The van der Waals surface area contributed by atoms with Gasteiger partial charge in [-0.3, -0.25) is 4.79 Å². The summed E-state index contributed by atoms with van der Waals surface area (Å²) in [5, 5.41) is 6.27. The van der Waals surface area contributed by atoms with E-state index in [-0.39, 0.29) is 18.1 Å². The maximum absolute atomic E-state index is 12.9. The number of amides is 1. The van der Waals surface area contributed by atoms with Crippen molar-refractivity contribution in [3.05, 3.63) is 29.7 Å². The number of nitrogens with zero attached hydrogens (tertiary/aromatic N) is 4. The number of pyridine rings is 1. The number of aromatic nitrogens is 3. The molecule has 2 aliphatic carbocycles. The Hall–Kier alpha value is -3.15. The largest absolute Gasteiger partial charge is 0.489 e. The van der Waals surface area contributed by atoms with E-state index in [9.17, 15) is 18.0 Å². The average Bonchev–Trinajstić information content (AvgIpc) is 2.74. The van der Waals surface area contributed by atoms with Gasteiger partial charge >= 0.3 is 6.18 Å². The van der Waals surface area contributed by atoms with Gasteiger partial charge in [-0.25, -0.2) is 9.97 Å². The van der Waals surface area contributed by atoms with E-state index < -0.39 is 23.5 Å². The first kappa shape index (κ1) is 23.6. The standard InChI is InChI=1S/C23H27F3N6O3/c1-12-17-19(32(2)18(20(33)30-17)22(34-3)7-4-8-22)31-21(28-12)29-13-9-15(10-13)35-14-5-6-16(27-11-14)23(24,25)26/h5-6,11,13,15,18H,4,7-10H2,1-3H3,(H,30,33)(H,28,29,31)/t13-,15-,18?. The Bertz CT molecular complexity index is 1110. The Kier molecular flexibility index (Phi) is 5.73. The third-order valence-corrected chi connectivity index (χ3v) is 7.15. The lowest BCUT2D eigenvalue weighted by Gasteiger charge is -2.50. The molecule has 2 N–H and O–H groups in total. The highest BCUT2D eigenvalue weighted by atomic mass is 19.4. The number of carbonyl (C=O) groups excluding carboxylic acids is 1. The Balaban J connectivity index is 1.23. The van der Waals surface area contributed by atoms with Gasteiger partial charge in [-0.2, -0.15) is 18.2 Å². The smallest absolute Gasteiger partial charge is 0.433 e. The van der Waals surface area contributed by atoms with E-state index in [0.29, 0.717) is 41.7 Å². The quantitative estimate of drug-likeness (QED) is 0.632. The van der Waals surface area contributed by atoms with E-state index in [1.54, 1.807) is 7.11 Å². The molecule has 9 nitrogen and oxygen atoms in total. The highest BCUT2D eigenvalue weighted by Crippen LogP contribution is 2.44. The summed E-state index contributed by atoms with van der Waals surface area (Å²) < 4.78 is 49.5. The molecular weight excluding hydrogens is 465 g/mol. The van der Waals surface area contributed by atoms with Gasteiger partial charge in [0.1, 0.15) is 29.3 Å².